The van der Waals surface area contributed by atoms with Crippen LogP contribution in [0.1, 0.15) is 28.9 Å². The Morgan fingerprint density at radius 1 is 1.38 bits per heavy atom. The normalized spacial score (nSPS) is 16.0. The topological polar surface area (TPSA) is 103 Å². The molecular formula is C13H17N3O4S. The van der Waals surface area contributed by atoms with E-state index in [1.54, 1.807) is 18.1 Å². The number of amides is 1. The van der Waals surface area contributed by atoms with Crippen LogP contribution in [0.5, 0.6) is 0 Å². The number of likely N-dealkylation sites (tertiary alicyclic amines) is 1. The summed E-state index contributed by atoms with van der Waals surface area (Å²) in [5.41, 5.74) is 0.415. The lowest BCUT2D eigenvalue weighted by molar-refractivity contribution is -0.143. The van der Waals surface area contributed by atoms with Crippen LogP contribution in [0.4, 0.5) is 0 Å². The Morgan fingerprint density at radius 2 is 2.00 bits per heavy atom. The van der Waals surface area contributed by atoms with E-state index in [0.717, 1.165) is 0 Å². The summed E-state index contributed by atoms with van der Waals surface area (Å²) >= 11 is 1.25. The first-order chi connectivity index (χ1) is 9.93. The number of piperidine rings is 1. The minimum atomic E-state index is -0.811. The van der Waals surface area contributed by atoms with Gasteiger partial charge in [0.05, 0.1) is 11.5 Å². The maximum absolute atomic E-state index is 12.6. The number of nitrogens with one attached hydrogen (secondary N) is 1. The molecule has 1 saturated heterocycles. The Kier molecular flexibility index (Phi) is 4.66. The van der Waals surface area contributed by atoms with Gasteiger partial charge in [-0.1, -0.05) is 0 Å². The highest BCUT2D eigenvalue weighted by Gasteiger charge is 2.29. The first-order valence-corrected chi connectivity index (χ1v) is 7.83. The molecule has 2 heterocycles. The van der Waals surface area contributed by atoms with Gasteiger partial charge in [0.2, 0.25) is 0 Å². The van der Waals surface area contributed by atoms with Crippen molar-refractivity contribution in [2.45, 2.75) is 24.8 Å². The zero-order valence-electron chi connectivity index (χ0n) is 11.9. The van der Waals surface area contributed by atoms with Gasteiger partial charge in [-0.05, 0) is 26.0 Å². The molecular weight excluding hydrogens is 294 g/mol. The van der Waals surface area contributed by atoms with Crippen LogP contribution in [0, 0.1) is 12.8 Å². The second-order valence-electron chi connectivity index (χ2n) is 4.96. The van der Waals surface area contributed by atoms with Crippen molar-refractivity contribution >= 4 is 23.6 Å². The number of aryl methyl sites for hydroxylation is 1. The second-order valence-corrected chi connectivity index (χ2v) is 5.75. The van der Waals surface area contributed by atoms with E-state index < -0.39 is 11.7 Å². The average molecular weight is 311 g/mol. The van der Waals surface area contributed by atoms with E-state index in [2.05, 4.69) is 9.97 Å². The van der Waals surface area contributed by atoms with Crippen LogP contribution in [0.2, 0.25) is 0 Å². The zero-order valence-corrected chi connectivity index (χ0v) is 12.7. The zero-order chi connectivity index (χ0) is 15.6. The van der Waals surface area contributed by atoms with Crippen LogP contribution >= 0.6 is 11.8 Å². The molecule has 0 saturated carbocycles. The minimum Gasteiger partial charge on any atom is -0.481 e. The van der Waals surface area contributed by atoms with Crippen molar-refractivity contribution in [2.24, 2.45) is 5.92 Å². The lowest BCUT2D eigenvalue weighted by Crippen LogP contribution is -2.41. The molecule has 0 aliphatic carbocycles. The third-order valence-electron chi connectivity index (χ3n) is 3.63. The van der Waals surface area contributed by atoms with Crippen molar-refractivity contribution in [3.8, 4) is 0 Å². The van der Waals surface area contributed by atoms with Gasteiger partial charge in [0.1, 0.15) is 5.03 Å². The fourth-order valence-corrected chi connectivity index (χ4v) is 3.07. The molecule has 0 atom stereocenters. The predicted octanol–water partition coefficient (Wildman–Crippen LogP) is 0.737. The van der Waals surface area contributed by atoms with Crippen LogP contribution in [-0.2, 0) is 4.79 Å². The molecule has 1 aromatic heterocycles. The summed E-state index contributed by atoms with van der Waals surface area (Å²) in [5, 5.41) is 9.38. The standard InChI is InChI=1S/C13H17N3O4S/c1-7-9(10(21-2)15-13(20)14-7)11(17)16-5-3-8(4-6-16)12(18)19/h8H,3-6H2,1-2H3,(H,18,19)(H,14,15,20). The Bertz CT molecular complexity index is 620. The van der Waals surface area contributed by atoms with Gasteiger partial charge in [-0.25, -0.2) is 4.79 Å². The molecule has 1 aliphatic heterocycles. The van der Waals surface area contributed by atoms with E-state index in [1.165, 1.54) is 11.8 Å². The maximum Gasteiger partial charge on any atom is 0.346 e. The number of carboxylic acids is 1. The molecule has 0 unspecified atom stereocenters. The largest absolute Gasteiger partial charge is 0.481 e. The van der Waals surface area contributed by atoms with Gasteiger partial charge in [0.15, 0.2) is 0 Å². The number of nitrogens with zero attached hydrogens (tertiary/aromatic N) is 2. The quantitative estimate of drug-likeness (QED) is 0.630. The van der Waals surface area contributed by atoms with Crippen molar-refractivity contribution in [2.75, 3.05) is 19.3 Å². The van der Waals surface area contributed by atoms with E-state index in [0.29, 0.717) is 42.2 Å². The number of aromatic nitrogens is 2. The molecule has 7 nitrogen and oxygen atoms in total. The average Bonchev–Trinajstić information content (AvgIpc) is 2.45. The summed E-state index contributed by atoms with van der Waals surface area (Å²) in [7, 11) is 0. The van der Waals surface area contributed by atoms with E-state index in [4.69, 9.17) is 5.11 Å². The van der Waals surface area contributed by atoms with Gasteiger partial charge < -0.3 is 15.0 Å². The molecule has 114 valence electrons. The smallest absolute Gasteiger partial charge is 0.346 e. The summed E-state index contributed by atoms with van der Waals surface area (Å²) in [6, 6.07) is 0. The highest BCUT2D eigenvalue weighted by Crippen LogP contribution is 2.23. The maximum atomic E-state index is 12.6. The number of aliphatic carboxylic acids is 1. The molecule has 0 radical (unpaired) electrons. The fourth-order valence-electron chi connectivity index (χ4n) is 2.45. The first kappa shape index (κ1) is 15.6. The minimum absolute atomic E-state index is 0.204. The van der Waals surface area contributed by atoms with Crippen molar-refractivity contribution in [1.29, 1.82) is 0 Å². The molecule has 0 aromatic carbocycles. The van der Waals surface area contributed by atoms with Gasteiger partial charge in [-0.15, -0.1) is 11.8 Å². The van der Waals surface area contributed by atoms with Crippen molar-refractivity contribution in [3.05, 3.63) is 21.7 Å². The Labute approximate surface area is 125 Å². The lowest BCUT2D eigenvalue weighted by atomic mass is 9.96. The molecule has 1 aromatic rings. The van der Waals surface area contributed by atoms with Crippen LogP contribution in [-0.4, -0.2) is 51.2 Å². The number of hydrogen-bond donors (Lipinski definition) is 2. The van der Waals surface area contributed by atoms with Gasteiger partial charge in [-0.3, -0.25) is 9.59 Å². The van der Waals surface area contributed by atoms with E-state index in [1.807, 2.05) is 0 Å². The number of rotatable bonds is 3. The number of thioether (sulfide) groups is 1. The number of aromatic amines is 1. The number of carbonyl (C=O) groups excluding carboxylic acids is 1. The monoisotopic (exact) mass is 311 g/mol. The summed E-state index contributed by atoms with van der Waals surface area (Å²) in [6.07, 6.45) is 2.66. The van der Waals surface area contributed by atoms with Crippen molar-refractivity contribution in [1.82, 2.24) is 14.9 Å². The summed E-state index contributed by atoms with van der Waals surface area (Å²) in [4.78, 5) is 42.9. The van der Waals surface area contributed by atoms with Crippen LogP contribution in [0.15, 0.2) is 9.82 Å². The van der Waals surface area contributed by atoms with Crippen molar-refractivity contribution in [3.63, 3.8) is 0 Å². The van der Waals surface area contributed by atoms with E-state index >= 15 is 0 Å². The summed E-state index contributed by atoms with van der Waals surface area (Å²) < 4.78 is 0. The Hall–Kier alpha value is -1.83. The highest BCUT2D eigenvalue weighted by molar-refractivity contribution is 7.98. The summed E-state index contributed by atoms with van der Waals surface area (Å²) in [5.74, 6) is -1.40. The highest BCUT2D eigenvalue weighted by atomic mass is 32.2. The Balaban J connectivity index is 2.22. The number of H-pyrrole nitrogens is 1. The van der Waals surface area contributed by atoms with Gasteiger partial charge >= 0.3 is 11.7 Å². The molecule has 1 amide bonds. The van der Waals surface area contributed by atoms with Gasteiger partial charge in [0, 0.05) is 18.8 Å². The third kappa shape index (κ3) is 3.26. The molecule has 1 aliphatic rings. The van der Waals surface area contributed by atoms with E-state index in [-0.39, 0.29) is 11.8 Å². The lowest BCUT2D eigenvalue weighted by Gasteiger charge is -2.30. The molecule has 21 heavy (non-hydrogen) atoms. The first-order valence-electron chi connectivity index (χ1n) is 6.61. The molecule has 2 N–H and O–H groups in total. The van der Waals surface area contributed by atoms with Crippen molar-refractivity contribution < 1.29 is 14.7 Å². The van der Waals surface area contributed by atoms with E-state index in [9.17, 15) is 14.4 Å². The van der Waals surface area contributed by atoms with Crippen LogP contribution in [0.3, 0.4) is 0 Å². The van der Waals surface area contributed by atoms with Gasteiger partial charge in [0.25, 0.3) is 5.91 Å². The number of carboxylic acid groups (broad SMARTS) is 1. The molecule has 1 fully saturated rings. The third-order valence-corrected chi connectivity index (χ3v) is 4.31. The SMILES string of the molecule is CSc1nc(=O)[nH]c(C)c1C(=O)N1CCC(C(=O)O)CC1. The second kappa shape index (κ2) is 6.30. The number of hydrogen-bond acceptors (Lipinski definition) is 5. The van der Waals surface area contributed by atoms with Crippen LogP contribution < -0.4 is 5.69 Å². The molecule has 0 spiro atoms. The molecule has 8 heteroatoms. The Morgan fingerprint density at radius 3 is 2.52 bits per heavy atom. The van der Waals surface area contributed by atoms with Gasteiger partial charge in [-0.2, -0.15) is 4.98 Å². The molecule has 0 bridgehead atoms. The fraction of sp³-hybridized carbons (Fsp3) is 0.538. The molecule has 2 rings (SSSR count). The summed E-state index contributed by atoms with van der Waals surface area (Å²) in [6.45, 7) is 2.48. The number of carbonyl (C=O) groups is 2. The predicted molar refractivity (Wildman–Crippen MR) is 77.6 cm³/mol. The van der Waals surface area contributed by atoms with Crippen LogP contribution in [0.25, 0.3) is 0 Å².